The molecule has 0 radical (unpaired) electrons. The summed E-state index contributed by atoms with van der Waals surface area (Å²) in [5.74, 6) is 0.663. The Morgan fingerprint density at radius 1 is 1.12 bits per heavy atom. The lowest BCUT2D eigenvalue weighted by Crippen LogP contribution is -2.18. The monoisotopic (exact) mass is 220 g/mol. The van der Waals surface area contributed by atoms with Crippen LogP contribution in [-0.2, 0) is 6.54 Å². The molecule has 0 unspecified atom stereocenters. The van der Waals surface area contributed by atoms with Crippen LogP contribution in [-0.4, -0.2) is 15.0 Å². The van der Waals surface area contributed by atoms with Gasteiger partial charge in [-0.15, -0.1) is 5.10 Å². The fourth-order valence-electron chi connectivity index (χ4n) is 2.82. The molecule has 0 aromatic carbocycles. The van der Waals surface area contributed by atoms with Gasteiger partial charge >= 0.3 is 0 Å². The van der Waals surface area contributed by atoms with Gasteiger partial charge in [0.2, 0.25) is 0 Å². The predicted molar refractivity (Wildman–Crippen MR) is 62.0 cm³/mol. The summed E-state index contributed by atoms with van der Waals surface area (Å²) in [6.07, 6.45) is 9.08. The van der Waals surface area contributed by atoms with Crippen molar-refractivity contribution >= 4 is 0 Å². The smallest absolute Gasteiger partial charge is 0.0903 e. The van der Waals surface area contributed by atoms with E-state index in [2.05, 4.69) is 15.0 Å². The highest BCUT2D eigenvalue weighted by Gasteiger charge is 2.31. The maximum atomic E-state index is 5.87. The average Bonchev–Trinajstić information content (AvgIpc) is 3.09. The highest BCUT2D eigenvalue weighted by molar-refractivity contribution is 5.20. The first kappa shape index (κ1) is 10.3. The molecule has 0 bridgehead atoms. The first-order valence-corrected chi connectivity index (χ1v) is 6.54. The van der Waals surface area contributed by atoms with E-state index in [0.29, 0.717) is 18.5 Å². The standard InChI is InChI=1S/C12H20N4/c13-8-11-12(9-6-7-9)14-15-16(11)10-4-2-1-3-5-10/h9-10H,1-8,13H2. The maximum Gasteiger partial charge on any atom is 0.0903 e. The zero-order valence-electron chi connectivity index (χ0n) is 9.73. The molecule has 1 aromatic heterocycles. The van der Waals surface area contributed by atoms with Crippen LogP contribution in [0.2, 0.25) is 0 Å². The van der Waals surface area contributed by atoms with Crippen molar-refractivity contribution < 1.29 is 0 Å². The second-order valence-electron chi connectivity index (χ2n) is 5.14. The minimum absolute atomic E-state index is 0.562. The molecule has 0 saturated heterocycles. The highest BCUT2D eigenvalue weighted by Crippen LogP contribution is 2.41. The summed E-state index contributed by atoms with van der Waals surface area (Å²) in [5.41, 5.74) is 8.26. The van der Waals surface area contributed by atoms with Crippen LogP contribution >= 0.6 is 0 Å². The van der Waals surface area contributed by atoms with Crippen LogP contribution in [0.15, 0.2) is 0 Å². The number of aromatic nitrogens is 3. The third-order valence-electron chi connectivity index (χ3n) is 3.90. The van der Waals surface area contributed by atoms with E-state index in [1.807, 2.05) is 0 Å². The van der Waals surface area contributed by atoms with E-state index in [-0.39, 0.29) is 0 Å². The maximum absolute atomic E-state index is 5.87. The summed E-state index contributed by atoms with van der Waals surface area (Å²) in [5, 5.41) is 8.72. The predicted octanol–water partition coefficient (Wildman–Crippen LogP) is 2.12. The fourth-order valence-corrected chi connectivity index (χ4v) is 2.82. The molecule has 0 amide bonds. The Kier molecular flexibility index (Phi) is 2.67. The summed E-state index contributed by atoms with van der Waals surface area (Å²) in [4.78, 5) is 0. The van der Waals surface area contributed by atoms with Gasteiger partial charge in [-0.1, -0.05) is 24.5 Å². The van der Waals surface area contributed by atoms with Gasteiger partial charge in [0, 0.05) is 12.5 Å². The number of hydrogen-bond acceptors (Lipinski definition) is 3. The van der Waals surface area contributed by atoms with Crippen molar-refractivity contribution in [3.05, 3.63) is 11.4 Å². The van der Waals surface area contributed by atoms with Crippen molar-refractivity contribution in [2.45, 2.75) is 63.5 Å². The average molecular weight is 220 g/mol. The van der Waals surface area contributed by atoms with Gasteiger partial charge in [0.1, 0.15) is 0 Å². The summed E-state index contributed by atoms with van der Waals surface area (Å²) in [6.45, 7) is 0.593. The van der Waals surface area contributed by atoms with E-state index in [9.17, 15) is 0 Å². The van der Waals surface area contributed by atoms with Gasteiger partial charge in [0.05, 0.1) is 17.4 Å². The van der Waals surface area contributed by atoms with Crippen molar-refractivity contribution in [3.63, 3.8) is 0 Å². The lowest BCUT2D eigenvalue weighted by Gasteiger charge is -2.23. The molecule has 2 saturated carbocycles. The minimum atomic E-state index is 0.562. The number of nitrogens with zero attached hydrogens (tertiary/aromatic N) is 3. The largest absolute Gasteiger partial charge is 0.325 e. The molecule has 2 N–H and O–H groups in total. The molecule has 2 aliphatic rings. The molecule has 0 spiro atoms. The van der Waals surface area contributed by atoms with Gasteiger partial charge in [-0.2, -0.15) is 0 Å². The third kappa shape index (κ3) is 1.75. The Labute approximate surface area is 96.2 Å². The van der Waals surface area contributed by atoms with E-state index < -0.39 is 0 Å². The van der Waals surface area contributed by atoms with E-state index in [1.54, 1.807) is 0 Å². The Morgan fingerprint density at radius 2 is 1.88 bits per heavy atom. The lowest BCUT2D eigenvalue weighted by atomic mass is 9.95. The van der Waals surface area contributed by atoms with Crippen LogP contribution in [0.25, 0.3) is 0 Å². The van der Waals surface area contributed by atoms with Gasteiger partial charge in [-0.25, -0.2) is 4.68 Å². The molecule has 16 heavy (non-hydrogen) atoms. The highest BCUT2D eigenvalue weighted by atomic mass is 15.4. The molecule has 0 aliphatic heterocycles. The van der Waals surface area contributed by atoms with Crippen LogP contribution in [0.1, 0.15) is 68.3 Å². The van der Waals surface area contributed by atoms with Gasteiger partial charge in [-0.3, -0.25) is 0 Å². The summed E-state index contributed by atoms with van der Waals surface area (Å²) in [6, 6.07) is 0.562. The summed E-state index contributed by atoms with van der Waals surface area (Å²) < 4.78 is 2.13. The van der Waals surface area contributed by atoms with Crippen molar-refractivity contribution in [1.82, 2.24) is 15.0 Å². The Morgan fingerprint density at radius 3 is 2.50 bits per heavy atom. The van der Waals surface area contributed by atoms with Crippen LogP contribution in [0.5, 0.6) is 0 Å². The van der Waals surface area contributed by atoms with Gasteiger partial charge in [-0.05, 0) is 25.7 Å². The van der Waals surface area contributed by atoms with Crippen LogP contribution < -0.4 is 5.73 Å². The Bertz CT molecular complexity index is 361. The van der Waals surface area contributed by atoms with E-state index in [1.165, 1.54) is 56.3 Å². The number of rotatable bonds is 3. The topological polar surface area (TPSA) is 56.7 Å². The van der Waals surface area contributed by atoms with Gasteiger partial charge in [0.25, 0.3) is 0 Å². The molecule has 1 aromatic rings. The third-order valence-corrected chi connectivity index (χ3v) is 3.90. The van der Waals surface area contributed by atoms with Gasteiger partial charge in [0.15, 0.2) is 0 Å². The molecule has 88 valence electrons. The first-order valence-electron chi connectivity index (χ1n) is 6.54. The summed E-state index contributed by atoms with van der Waals surface area (Å²) in [7, 11) is 0. The Balaban J connectivity index is 1.87. The molecule has 4 nitrogen and oxygen atoms in total. The number of nitrogens with two attached hydrogens (primary N) is 1. The second-order valence-corrected chi connectivity index (χ2v) is 5.14. The van der Waals surface area contributed by atoms with Gasteiger partial charge < -0.3 is 5.73 Å². The molecule has 2 fully saturated rings. The van der Waals surface area contributed by atoms with Crippen LogP contribution in [0, 0.1) is 0 Å². The minimum Gasteiger partial charge on any atom is -0.325 e. The van der Waals surface area contributed by atoms with E-state index >= 15 is 0 Å². The normalized spacial score (nSPS) is 22.6. The zero-order valence-corrected chi connectivity index (χ0v) is 9.73. The van der Waals surface area contributed by atoms with E-state index in [4.69, 9.17) is 5.73 Å². The van der Waals surface area contributed by atoms with Crippen molar-refractivity contribution in [2.75, 3.05) is 0 Å². The van der Waals surface area contributed by atoms with E-state index in [0.717, 1.165) is 0 Å². The zero-order chi connectivity index (χ0) is 11.0. The Hall–Kier alpha value is -0.900. The molecular formula is C12H20N4. The lowest BCUT2D eigenvalue weighted by molar-refractivity contribution is 0.317. The second kappa shape index (κ2) is 4.17. The van der Waals surface area contributed by atoms with Crippen molar-refractivity contribution in [2.24, 2.45) is 5.73 Å². The van der Waals surface area contributed by atoms with Crippen molar-refractivity contribution in [1.29, 1.82) is 0 Å². The first-order chi connectivity index (χ1) is 7.90. The van der Waals surface area contributed by atoms with Crippen molar-refractivity contribution in [3.8, 4) is 0 Å². The molecule has 4 heteroatoms. The molecule has 1 heterocycles. The summed E-state index contributed by atoms with van der Waals surface area (Å²) >= 11 is 0. The quantitative estimate of drug-likeness (QED) is 0.848. The molecular weight excluding hydrogens is 200 g/mol. The number of hydrogen-bond donors (Lipinski definition) is 1. The van der Waals surface area contributed by atoms with Crippen LogP contribution in [0.3, 0.4) is 0 Å². The van der Waals surface area contributed by atoms with Crippen LogP contribution in [0.4, 0.5) is 0 Å². The SMILES string of the molecule is NCc1c(C2CC2)nnn1C1CCCCC1. The molecule has 0 atom stereocenters. The molecule has 3 rings (SSSR count). The fraction of sp³-hybridized carbons (Fsp3) is 0.833. The molecule has 2 aliphatic carbocycles.